The zero-order chi connectivity index (χ0) is 18.8. The lowest BCUT2D eigenvalue weighted by Crippen LogP contribution is -2.41. The molecule has 0 unspecified atom stereocenters. The van der Waals surface area contributed by atoms with Crippen molar-refractivity contribution in [2.24, 2.45) is 5.92 Å². The van der Waals surface area contributed by atoms with Gasteiger partial charge in [0.1, 0.15) is 6.54 Å². The first-order valence-electron chi connectivity index (χ1n) is 9.18. The SMILES string of the molecule is Cc1cc(-c2cc(=O)n(CC(=O)N3CCC(C)CC3)nc2C(C)C)on1. The largest absolute Gasteiger partial charge is 0.356 e. The fraction of sp³-hybridized carbons (Fsp3) is 0.579. The van der Waals surface area contributed by atoms with Crippen LogP contribution >= 0.6 is 0 Å². The molecule has 0 saturated carbocycles. The fourth-order valence-corrected chi connectivity index (χ4v) is 3.22. The number of piperidine rings is 1. The number of rotatable bonds is 4. The van der Waals surface area contributed by atoms with Gasteiger partial charge in [-0.2, -0.15) is 5.10 Å². The van der Waals surface area contributed by atoms with Gasteiger partial charge in [0.2, 0.25) is 5.91 Å². The second-order valence-electron chi connectivity index (χ2n) is 7.49. The topological polar surface area (TPSA) is 81.2 Å². The van der Waals surface area contributed by atoms with Crippen LogP contribution in [0.3, 0.4) is 0 Å². The van der Waals surface area contributed by atoms with Crippen molar-refractivity contribution >= 4 is 5.91 Å². The molecule has 26 heavy (non-hydrogen) atoms. The molecule has 1 aliphatic rings. The van der Waals surface area contributed by atoms with E-state index in [-0.39, 0.29) is 23.9 Å². The first-order valence-corrected chi connectivity index (χ1v) is 9.18. The van der Waals surface area contributed by atoms with Gasteiger partial charge in [0.25, 0.3) is 5.56 Å². The molecule has 3 rings (SSSR count). The summed E-state index contributed by atoms with van der Waals surface area (Å²) < 4.78 is 6.58. The minimum Gasteiger partial charge on any atom is -0.356 e. The molecular formula is C19H26N4O3. The molecule has 0 bridgehead atoms. The number of aromatic nitrogens is 3. The lowest BCUT2D eigenvalue weighted by molar-refractivity contribution is -0.133. The predicted molar refractivity (Wildman–Crippen MR) is 97.8 cm³/mol. The highest BCUT2D eigenvalue weighted by Crippen LogP contribution is 2.26. The maximum Gasteiger partial charge on any atom is 0.267 e. The summed E-state index contributed by atoms with van der Waals surface area (Å²) in [5.74, 6) is 1.20. The summed E-state index contributed by atoms with van der Waals surface area (Å²) in [6.45, 7) is 9.50. The Morgan fingerprint density at radius 2 is 2.00 bits per heavy atom. The Labute approximate surface area is 153 Å². The van der Waals surface area contributed by atoms with E-state index >= 15 is 0 Å². The molecule has 0 atom stereocenters. The number of carbonyl (C=O) groups excluding carboxylic acids is 1. The summed E-state index contributed by atoms with van der Waals surface area (Å²) in [6, 6.07) is 3.28. The summed E-state index contributed by atoms with van der Waals surface area (Å²) in [7, 11) is 0. The van der Waals surface area contributed by atoms with Crippen LogP contribution in [0.25, 0.3) is 11.3 Å². The van der Waals surface area contributed by atoms with Crippen molar-refractivity contribution in [3.63, 3.8) is 0 Å². The highest BCUT2D eigenvalue weighted by atomic mass is 16.5. The molecule has 7 heteroatoms. The van der Waals surface area contributed by atoms with Crippen molar-refractivity contribution < 1.29 is 9.32 Å². The highest BCUT2D eigenvalue weighted by Gasteiger charge is 2.22. The van der Waals surface area contributed by atoms with Gasteiger partial charge in [-0.05, 0) is 31.6 Å². The predicted octanol–water partition coefficient (Wildman–Crippen LogP) is 2.59. The van der Waals surface area contributed by atoms with Crippen LogP contribution in [0.4, 0.5) is 0 Å². The van der Waals surface area contributed by atoms with E-state index in [9.17, 15) is 9.59 Å². The molecular weight excluding hydrogens is 332 g/mol. The van der Waals surface area contributed by atoms with Gasteiger partial charge in [-0.15, -0.1) is 0 Å². The summed E-state index contributed by atoms with van der Waals surface area (Å²) in [4.78, 5) is 26.9. The van der Waals surface area contributed by atoms with Crippen molar-refractivity contribution in [3.05, 3.63) is 33.9 Å². The van der Waals surface area contributed by atoms with Gasteiger partial charge >= 0.3 is 0 Å². The smallest absolute Gasteiger partial charge is 0.267 e. The minimum absolute atomic E-state index is 0.0252. The molecule has 0 radical (unpaired) electrons. The monoisotopic (exact) mass is 358 g/mol. The Hall–Kier alpha value is -2.44. The fourth-order valence-electron chi connectivity index (χ4n) is 3.22. The van der Waals surface area contributed by atoms with Crippen LogP contribution in [0.15, 0.2) is 21.5 Å². The quantitative estimate of drug-likeness (QED) is 0.839. The van der Waals surface area contributed by atoms with Crippen LogP contribution in [0.5, 0.6) is 0 Å². The number of nitrogens with zero attached hydrogens (tertiary/aromatic N) is 4. The molecule has 3 heterocycles. The first kappa shape index (κ1) is 18.4. The van der Waals surface area contributed by atoms with E-state index in [1.807, 2.05) is 25.7 Å². The van der Waals surface area contributed by atoms with Crippen molar-refractivity contribution in [1.29, 1.82) is 0 Å². The summed E-state index contributed by atoms with van der Waals surface area (Å²) >= 11 is 0. The molecule has 0 aromatic carbocycles. The average molecular weight is 358 g/mol. The molecule has 7 nitrogen and oxygen atoms in total. The van der Waals surface area contributed by atoms with Crippen LogP contribution < -0.4 is 5.56 Å². The number of hydrogen-bond donors (Lipinski definition) is 0. The van der Waals surface area contributed by atoms with E-state index in [2.05, 4.69) is 17.2 Å². The van der Waals surface area contributed by atoms with Gasteiger partial charge in [0.05, 0.1) is 11.4 Å². The number of aryl methyl sites for hydroxylation is 1. The second kappa shape index (κ2) is 7.43. The van der Waals surface area contributed by atoms with Gasteiger partial charge in [-0.1, -0.05) is 25.9 Å². The third-order valence-corrected chi connectivity index (χ3v) is 4.89. The standard InChI is InChI=1S/C19H26N4O3/c1-12(2)19-15(16-9-14(4)21-26-16)10-17(24)23(20-19)11-18(25)22-7-5-13(3)6-8-22/h9-10,12-13H,5-8,11H2,1-4H3. The van der Waals surface area contributed by atoms with Gasteiger partial charge in [0, 0.05) is 30.8 Å². The Kier molecular flexibility index (Phi) is 5.25. The molecule has 2 aromatic rings. The van der Waals surface area contributed by atoms with E-state index < -0.39 is 0 Å². The maximum absolute atomic E-state index is 12.6. The summed E-state index contributed by atoms with van der Waals surface area (Å²) in [6.07, 6.45) is 2.02. The zero-order valence-corrected chi connectivity index (χ0v) is 15.9. The first-order chi connectivity index (χ1) is 12.3. The highest BCUT2D eigenvalue weighted by molar-refractivity contribution is 5.76. The molecule has 0 spiro atoms. The number of likely N-dealkylation sites (tertiary alicyclic amines) is 1. The summed E-state index contributed by atoms with van der Waals surface area (Å²) in [5, 5.41) is 8.36. The van der Waals surface area contributed by atoms with Gasteiger partial charge in [-0.25, -0.2) is 4.68 Å². The van der Waals surface area contributed by atoms with Crippen molar-refractivity contribution in [2.45, 2.75) is 53.0 Å². The maximum atomic E-state index is 12.6. The number of carbonyl (C=O) groups is 1. The van der Waals surface area contributed by atoms with E-state index in [4.69, 9.17) is 4.52 Å². The molecule has 1 aliphatic heterocycles. The zero-order valence-electron chi connectivity index (χ0n) is 15.9. The van der Waals surface area contributed by atoms with Crippen LogP contribution in [0.1, 0.15) is 50.9 Å². The van der Waals surface area contributed by atoms with Crippen LogP contribution in [0, 0.1) is 12.8 Å². The lowest BCUT2D eigenvalue weighted by Gasteiger charge is -2.30. The Bertz CT molecular complexity index is 845. The second-order valence-corrected chi connectivity index (χ2v) is 7.49. The molecule has 140 valence electrons. The van der Waals surface area contributed by atoms with E-state index in [1.165, 1.54) is 10.7 Å². The molecule has 1 saturated heterocycles. The molecule has 2 aromatic heterocycles. The van der Waals surface area contributed by atoms with E-state index in [0.29, 0.717) is 17.2 Å². The van der Waals surface area contributed by atoms with Gasteiger partial charge in [0.15, 0.2) is 5.76 Å². The Balaban J connectivity index is 1.87. The molecule has 0 N–H and O–H groups in total. The number of hydrogen-bond acceptors (Lipinski definition) is 5. The van der Waals surface area contributed by atoms with Crippen LogP contribution in [-0.2, 0) is 11.3 Å². The molecule has 0 aliphatic carbocycles. The Morgan fingerprint density at radius 1 is 1.31 bits per heavy atom. The lowest BCUT2D eigenvalue weighted by atomic mass is 9.99. The van der Waals surface area contributed by atoms with Crippen molar-refractivity contribution in [2.75, 3.05) is 13.1 Å². The minimum atomic E-state index is -0.308. The Morgan fingerprint density at radius 3 is 2.58 bits per heavy atom. The summed E-state index contributed by atoms with van der Waals surface area (Å²) in [5.41, 5.74) is 1.80. The molecule has 1 amide bonds. The molecule has 1 fully saturated rings. The third kappa shape index (κ3) is 3.86. The van der Waals surface area contributed by atoms with Crippen molar-refractivity contribution in [1.82, 2.24) is 19.8 Å². The van der Waals surface area contributed by atoms with Crippen molar-refractivity contribution in [3.8, 4) is 11.3 Å². The normalized spacial score (nSPS) is 15.7. The van der Waals surface area contributed by atoms with Gasteiger partial charge < -0.3 is 9.42 Å². The van der Waals surface area contributed by atoms with Crippen LogP contribution in [0.2, 0.25) is 0 Å². The third-order valence-electron chi connectivity index (χ3n) is 4.89. The van der Waals surface area contributed by atoms with E-state index in [1.54, 1.807) is 6.07 Å². The average Bonchev–Trinajstić information content (AvgIpc) is 3.03. The van der Waals surface area contributed by atoms with Crippen LogP contribution in [-0.4, -0.2) is 38.8 Å². The number of amides is 1. The van der Waals surface area contributed by atoms with E-state index in [0.717, 1.165) is 37.3 Å². The van der Waals surface area contributed by atoms with Gasteiger partial charge in [-0.3, -0.25) is 9.59 Å².